The zero-order chi connectivity index (χ0) is 30.2. The fraction of sp³-hybridized carbons (Fsp3) is 0.406. The summed E-state index contributed by atoms with van der Waals surface area (Å²) in [6, 6.07) is 14.7. The number of aromatic nitrogens is 1. The zero-order valence-corrected chi connectivity index (χ0v) is 26.0. The first-order chi connectivity index (χ1) is 20.0. The molecule has 1 aliphatic heterocycles. The van der Waals surface area contributed by atoms with Gasteiger partial charge < -0.3 is 24.8 Å². The molecule has 2 atom stereocenters. The predicted molar refractivity (Wildman–Crippen MR) is 170 cm³/mol. The summed E-state index contributed by atoms with van der Waals surface area (Å²) in [7, 11) is 3.75. The number of ether oxygens (including phenoxy) is 1. The number of carbonyl (C=O) groups is 1. The summed E-state index contributed by atoms with van der Waals surface area (Å²) >= 11 is 0. The largest absolute Gasteiger partial charge is 0.383 e. The number of anilines is 2. The number of hydrogen-bond donors (Lipinski definition) is 3. The van der Waals surface area contributed by atoms with Crippen LogP contribution in [0.1, 0.15) is 25.0 Å². The zero-order valence-electron chi connectivity index (χ0n) is 25.2. The molecule has 3 aromatic carbocycles. The molecule has 0 spiro atoms. The van der Waals surface area contributed by atoms with E-state index in [1.807, 2.05) is 62.6 Å². The minimum atomic E-state index is -3.76. The number of likely N-dealkylation sites (N-methyl/N-ethyl adjacent to an activating group) is 1. The van der Waals surface area contributed by atoms with Gasteiger partial charge in [-0.1, -0.05) is 44.2 Å². The molecule has 0 aliphatic carbocycles. The standard InChI is InChI=1S/C32H41N5O4S/c1-20(2)31-32(38)35-23(19-41-6)17-22-18-33-30-21(13-14-27(29(22)30)37(31)5)15-16-34-42(39,40)28-12-8-9-24-25(28)10-7-11-26(24)36(3)4/h7-14,18,20,23,31,33-34H,15-17,19H2,1-6H3,(H,35,38)/t23-,31-/m0/s1. The smallest absolute Gasteiger partial charge is 0.243 e. The summed E-state index contributed by atoms with van der Waals surface area (Å²) < 4.78 is 35.3. The third-order valence-corrected chi connectivity index (χ3v) is 9.70. The van der Waals surface area contributed by atoms with E-state index in [2.05, 4.69) is 39.8 Å². The average Bonchev–Trinajstić information content (AvgIpc) is 3.36. The molecule has 0 saturated carbocycles. The molecule has 0 radical (unpaired) electrons. The number of rotatable bonds is 9. The van der Waals surface area contributed by atoms with Crippen molar-refractivity contribution >= 4 is 49.0 Å². The van der Waals surface area contributed by atoms with Gasteiger partial charge in [-0.05, 0) is 48.1 Å². The number of methoxy groups -OCH3 is 1. The van der Waals surface area contributed by atoms with Crippen LogP contribution in [0.25, 0.3) is 21.7 Å². The van der Waals surface area contributed by atoms with Crippen LogP contribution in [-0.2, 0) is 32.4 Å². The second-order valence-electron chi connectivity index (χ2n) is 11.6. The maximum Gasteiger partial charge on any atom is 0.243 e. The number of H-pyrrole nitrogens is 1. The molecule has 10 heteroatoms. The van der Waals surface area contributed by atoms with Crippen molar-refractivity contribution in [1.29, 1.82) is 0 Å². The summed E-state index contributed by atoms with van der Waals surface area (Å²) in [6.07, 6.45) is 3.12. The lowest BCUT2D eigenvalue weighted by molar-refractivity contribution is -0.124. The molecule has 4 aromatic rings. The Kier molecular flexibility index (Phi) is 8.50. The van der Waals surface area contributed by atoms with E-state index >= 15 is 0 Å². The van der Waals surface area contributed by atoms with Gasteiger partial charge in [0.2, 0.25) is 15.9 Å². The maximum absolute atomic E-state index is 13.5. The highest BCUT2D eigenvalue weighted by molar-refractivity contribution is 7.89. The Morgan fingerprint density at radius 3 is 2.55 bits per heavy atom. The van der Waals surface area contributed by atoms with Gasteiger partial charge in [0, 0.05) is 68.5 Å². The number of sulfonamides is 1. The Bertz CT molecular complexity index is 1710. The van der Waals surface area contributed by atoms with Crippen LogP contribution in [0.2, 0.25) is 0 Å². The van der Waals surface area contributed by atoms with Gasteiger partial charge in [-0.2, -0.15) is 0 Å². The van der Waals surface area contributed by atoms with E-state index in [9.17, 15) is 13.2 Å². The van der Waals surface area contributed by atoms with Gasteiger partial charge >= 0.3 is 0 Å². The van der Waals surface area contributed by atoms with Crippen LogP contribution in [0.4, 0.5) is 11.4 Å². The van der Waals surface area contributed by atoms with E-state index in [0.29, 0.717) is 24.8 Å². The molecule has 9 nitrogen and oxygen atoms in total. The lowest BCUT2D eigenvalue weighted by Gasteiger charge is -2.33. The number of nitrogens with one attached hydrogen (secondary N) is 3. The molecule has 0 unspecified atom stereocenters. The molecule has 42 heavy (non-hydrogen) atoms. The Morgan fingerprint density at radius 1 is 1.10 bits per heavy atom. The van der Waals surface area contributed by atoms with E-state index in [0.717, 1.165) is 38.8 Å². The molecule has 5 rings (SSSR count). The van der Waals surface area contributed by atoms with Crippen LogP contribution in [-0.4, -0.2) is 72.8 Å². The first kappa shape index (κ1) is 29.9. The molecule has 2 heterocycles. The second kappa shape index (κ2) is 11.9. The Labute approximate surface area is 248 Å². The van der Waals surface area contributed by atoms with Crippen LogP contribution in [0.5, 0.6) is 0 Å². The van der Waals surface area contributed by atoms with E-state index in [4.69, 9.17) is 4.74 Å². The molecule has 0 fully saturated rings. The predicted octanol–water partition coefficient (Wildman–Crippen LogP) is 4.06. The monoisotopic (exact) mass is 591 g/mol. The van der Waals surface area contributed by atoms with Crippen molar-refractivity contribution in [3.63, 3.8) is 0 Å². The topological polar surface area (TPSA) is 107 Å². The normalized spacial score (nSPS) is 17.8. The molecular formula is C32H41N5O4S. The molecule has 1 amide bonds. The molecule has 0 bridgehead atoms. The van der Waals surface area contributed by atoms with Crippen molar-refractivity contribution in [3.8, 4) is 0 Å². The van der Waals surface area contributed by atoms with E-state index in [1.165, 1.54) is 0 Å². The summed E-state index contributed by atoms with van der Waals surface area (Å²) in [4.78, 5) is 21.1. The van der Waals surface area contributed by atoms with Gasteiger partial charge in [0.25, 0.3) is 0 Å². The first-order valence-corrected chi connectivity index (χ1v) is 15.8. The van der Waals surface area contributed by atoms with Crippen LogP contribution < -0.4 is 19.8 Å². The molecule has 3 N–H and O–H groups in total. The fourth-order valence-electron chi connectivity index (χ4n) is 6.29. The Hall–Kier alpha value is -3.60. The number of fused-ring (bicyclic) bond motifs is 1. The number of nitrogens with zero attached hydrogens (tertiary/aromatic N) is 2. The van der Waals surface area contributed by atoms with Gasteiger partial charge in [0.15, 0.2) is 0 Å². The van der Waals surface area contributed by atoms with Crippen LogP contribution in [0.3, 0.4) is 0 Å². The number of aromatic amines is 1. The number of carbonyl (C=O) groups excluding carboxylic acids is 1. The molecular weight excluding hydrogens is 550 g/mol. The molecule has 0 saturated heterocycles. The van der Waals surface area contributed by atoms with Crippen molar-refractivity contribution < 1.29 is 17.9 Å². The molecule has 1 aromatic heterocycles. The number of hydrogen-bond acceptors (Lipinski definition) is 6. The van der Waals surface area contributed by atoms with E-state index in [1.54, 1.807) is 19.2 Å². The van der Waals surface area contributed by atoms with Gasteiger partial charge in [-0.25, -0.2) is 13.1 Å². The highest BCUT2D eigenvalue weighted by Gasteiger charge is 2.32. The third kappa shape index (κ3) is 5.58. The number of benzene rings is 3. The number of amides is 1. The Morgan fingerprint density at radius 2 is 1.83 bits per heavy atom. The highest BCUT2D eigenvalue weighted by atomic mass is 32.2. The minimum absolute atomic E-state index is 0.0125. The van der Waals surface area contributed by atoms with E-state index in [-0.39, 0.29) is 35.3 Å². The SMILES string of the molecule is COC[C@@H]1Cc2c[nH]c3c(CCNS(=O)(=O)c4cccc5c(N(C)C)cccc45)ccc(c23)N(C)[C@@H](C(C)C)C(=O)N1. The first-order valence-electron chi connectivity index (χ1n) is 14.4. The van der Waals surface area contributed by atoms with Gasteiger partial charge in [0.05, 0.1) is 23.1 Å². The van der Waals surface area contributed by atoms with Crippen LogP contribution in [0.15, 0.2) is 59.6 Å². The fourth-order valence-corrected chi connectivity index (χ4v) is 7.54. The minimum Gasteiger partial charge on any atom is -0.383 e. The van der Waals surface area contributed by atoms with E-state index < -0.39 is 10.0 Å². The maximum atomic E-state index is 13.5. The second-order valence-corrected chi connectivity index (χ2v) is 13.4. The van der Waals surface area contributed by atoms with Crippen molar-refractivity contribution in [2.75, 3.05) is 51.2 Å². The van der Waals surface area contributed by atoms with Gasteiger partial charge in [-0.3, -0.25) is 4.79 Å². The van der Waals surface area contributed by atoms with Gasteiger partial charge in [-0.15, -0.1) is 0 Å². The summed E-state index contributed by atoms with van der Waals surface area (Å²) in [6.45, 7) is 4.76. The Balaban J connectivity index is 1.45. The van der Waals surface area contributed by atoms with Crippen molar-refractivity contribution in [3.05, 3.63) is 65.9 Å². The lowest BCUT2D eigenvalue weighted by atomic mass is 9.98. The van der Waals surface area contributed by atoms with Crippen molar-refractivity contribution in [2.45, 2.75) is 43.7 Å². The summed E-state index contributed by atoms with van der Waals surface area (Å²) in [5, 5.41) is 5.84. The van der Waals surface area contributed by atoms with Gasteiger partial charge in [0.1, 0.15) is 6.04 Å². The highest BCUT2D eigenvalue weighted by Crippen LogP contribution is 2.36. The summed E-state index contributed by atoms with van der Waals surface area (Å²) in [5.41, 5.74) is 5.00. The average molecular weight is 592 g/mol. The van der Waals surface area contributed by atoms with Crippen LogP contribution in [0, 0.1) is 5.92 Å². The molecule has 224 valence electrons. The van der Waals surface area contributed by atoms with Crippen molar-refractivity contribution in [1.82, 2.24) is 15.0 Å². The summed E-state index contributed by atoms with van der Waals surface area (Å²) in [5.74, 6) is 0.0761. The lowest BCUT2D eigenvalue weighted by Crippen LogP contribution is -2.52. The van der Waals surface area contributed by atoms with Crippen molar-refractivity contribution in [2.24, 2.45) is 5.92 Å². The quantitative estimate of drug-likeness (QED) is 0.271. The molecule has 1 aliphatic rings. The van der Waals surface area contributed by atoms with Crippen LogP contribution >= 0.6 is 0 Å². The third-order valence-electron chi connectivity index (χ3n) is 8.18.